The second-order valence-electron chi connectivity index (χ2n) is 6.47. The SMILES string of the molecule is CCn1ncc(S(=O)(=O)N2CCN(S(=O)(=O)c3ccc([N+](=O)[O-])cc3)CC2)c1C. The van der Waals surface area contributed by atoms with E-state index in [4.69, 9.17) is 0 Å². The predicted octanol–water partition coefficient (Wildman–Crippen LogP) is 0.815. The highest BCUT2D eigenvalue weighted by molar-refractivity contribution is 7.89. The molecule has 1 saturated heterocycles. The molecule has 2 heterocycles. The number of hydrogen-bond donors (Lipinski definition) is 0. The van der Waals surface area contributed by atoms with Crippen molar-refractivity contribution in [1.82, 2.24) is 18.4 Å². The molecule has 0 amide bonds. The standard InChI is InChI=1S/C16H21N5O6S2/c1-3-20-13(2)16(12-17-20)29(26,27)19-10-8-18(9-11-19)28(24,25)15-6-4-14(5-7-15)21(22)23/h4-7,12H,3,8-11H2,1-2H3. The summed E-state index contributed by atoms with van der Waals surface area (Å²) in [6, 6.07) is 4.61. The largest absolute Gasteiger partial charge is 0.269 e. The first-order chi connectivity index (χ1) is 13.6. The van der Waals surface area contributed by atoms with Crippen molar-refractivity contribution in [3.05, 3.63) is 46.3 Å². The van der Waals surface area contributed by atoms with E-state index in [2.05, 4.69) is 5.10 Å². The van der Waals surface area contributed by atoms with Crippen LogP contribution in [0.2, 0.25) is 0 Å². The molecular formula is C16H21N5O6S2. The molecule has 0 bridgehead atoms. The van der Waals surface area contributed by atoms with E-state index in [-0.39, 0.29) is 41.7 Å². The molecular weight excluding hydrogens is 422 g/mol. The highest BCUT2D eigenvalue weighted by Crippen LogP contribution is 2.24. The predicted molar refractivity (Wildman–Crippen MR) is 103 cm³/mol. The molecule has 2 aromatic rings. The zero-order valence-corrected chi connectivity index (χ0v) is 17.6. The Bertz CT molecular complexity index is 1120. The molecule has 0 atom stereocenters. The first-order valence-electron chi connectivity index (χ1n) is 8.86. The van der Waals surface area contributed by atoms with E-state index in [1.807, 2.05) is 6.92 Å². The number of sulfonamides is 2. The number of aryl methyl sites for hydroxylation is 1. The van der Waals surface area contributed by atoms with Crippen LogP contribution in [0.3, 0.4) is 0 Å². The molecule has 0 radical (unpaired) electrons. The summed E-state index contributed by atoms with van der Waals surface area (Å²) < 4.78 is 55.4. The summed E-state index contributed by atoms with van der Waals surface area (Å²) in [6.07, 6.45) is 1.31. The van der Waals surface area contributed by atoms with Crippen molar-refractivity contribution < 1.29 is 21.8 Å². The third-order valence-corrected chi connectivity index (χ3v) is 8.77. The minimum absolute atomic E-state index is 0.00525. The van der Waals surface area contributed by atoms with Gasteiger partial charge in [-0.15, -0.1) is 0 Å². The van der Waals surface area contributed by atoms with Gasteiger partial charge in [-0.2, -0.15) is 13.7 Å². The molecule has 1 aliphatic rings. The zero-order valence-electron chi connectivity index (χ0n) is 15.9. The van der Waals surface area contributed by atoms with Crippen molar-refractivity contribution in [3.8, 4) is 0 Å². The highest BCUT2D eigenvalue weighted by atomic mass is 32.2. The van der Waals surface area contributed by atoms with Crippen molar-refractivity contribution >= 4 is 25.7 Å². The van der Waals surface area contributed by atoms with Crippen molar-refractivity contribution in [2.75, 3.05) is 26.2 Å². The lowest BCUT2D eigenvalue weighted by Gasteiger charge is -2.33. The lowest BCUT2D eigenvalue weighted by atomic mass is 10.3. The molecule has 0 saturated carbocycles. The van der Waals surface area contributed by atoms with Crippen molar-refractivity contribution in [2.45, 2.75) is 30.2 Å². The van der Waals surface area contributed by atoms with Gasteiger partial charge in [-0.1, -0.05) is 0 Å². The zero-order chi connectivity index (χ0) is 21.4. The van der Waals surface area contributed by atoms with Gasteiger partial charge in [0.1, 0.15) is 4.90 Å². The van der Waals surface area contributed by atoms with Crippen LogP contribution < -0.4 is 0 Å². The number of aromatic nitrogens is 2. The lowest BCUT2D eigenvalue weighted by Crippen LogP contribution is -2.50. The minimum Gasteiger partial charge on any atom is -0.269 e. The minimum atomic E-state index is -3.87. The number of piperazine rings is 1. The van der Waals surface area contributed by atoms with Crippen LogP contribution in [0.15, 0.2) is 40.3 Å². The summed E-state index contributed by atoms with van der Waals surface area (Å²) in [7, 11) is -7.65. The molecule has 0 unspecified atom stereocenters. The molecule has 158 valence electrons. The van der Waals surface area contributed by atoms with Gasteiger partial charge in [0.05, 0.1) is 21.7 Å². The molecule has 29 heavy (non-hydrogen) atoms. The van der Waals surface area contributed by atoms with Crippen LogP contribution in [-0.2, 0) is 26.6 Å². The van der Waals surface area contributed by atoms with E-state index < -0.39 is 25.0 Å². The topological polar surface area (TPSA) is 136 Å². The van der Waals surface area contributed by atoms with Crippen LogP contribution in [0.5, 0.6) is 0 Å². The summed E-state index contributed by atoms with van der Waals surface area (Å²) in [5.41, 5.74) is 0.330. The Kier molecular flexibility index (Phi) is 5.76. The number of hydrogen-bond acceptors (Lipinski definition) is 7. The fraction of sp³-hybridized carbons (Fsp3) is 0.438. The van der Waals surface area contributed by atoms with Crippen molar-refractivity contribution in [1.29, 1.82) is 0 Å². The van der Waals surface area contributed by atoms with Gasteiger partial charge in [0, 0.05) is 44.9 Å². The Morgan fingerprint density at radius 1 is 1.00 bits per heavy atom. The summed E-state index contributed by atoms with van der Waals surface area (Å²) in [6.45, 7) is 4.06. The van der Waals surface area contributed by atoms with E-state index in [0.29, 0.717) is 12.2 Å². The summed E-state index contributed by atoms with van der Waals surface area (Å²) in [5.74, 6) is 0. The second kappa shape index (κ2) is 7.82. The Balaban J connectivity index is 1.75. The maximum Gasteiger partial charge on any atom is 0.269 e. The number of nitro groups is 1. The Morgan fingerprint density at radius 3 is 1.97 bits per heavy atom. The average Bonchev–Trinajstić information content (AvgIpc) is 3.09. The molecule has 1 fully saturated rings. The van der Waals surface area contributed by atoms with Gasteiger partial charge in [-0.05, 0) is 26.0 Å². The van der Waals surface area contributed by atoms with Crippen LogP contribution in [0, 0.1) is 17.0 Å². The molecule has 1 aromatic carbocycles. The Morgan fingerprint density at radius 2 is 1.52 bits per heavy atom. The molecule has 11 nitrogen and oxygen atoms in total. The second-order valence-corrected chi connectivity index (χ2v) is 10.3. The van der Waals surface area contributed by atoms with Gasteiger partial charge in [-0.25, -0.2) is 16.8 Å². The molecule has 1 aliphatic heterocycles. The maximum absolute atomic E-state index is 12.9. The number of nitrogens with zero attached hydrogens (tertiary/aromatic N) is 5. The van der Waals surface area contributed by atoms with Gasteiger partial charge in [0.15, 0.2) is 0 Å². The van der Waals surface area contributed by atoms with Gasteiger partial charge in [0.25, 0.3) is 5.69 Å². The van der Waals surface area contributed by atoms with Crippen LogP contribution >= 0.6 is 0 Å². The fourth-order valence-corrected chi connectivity index (χ4v) is 6.18. The average molecular weight is 444 g/mol. The number of non-ortho nitro benzene ring substituents is 1. The maximum atomic E-state index is 12.9. The van der Waals surface area contributed by atoms with Gasteiger partial charge < -0.3 is 0 Å². The number of nitro benzene ring substituents is 1. The van der Waals surface area contributed by atoms with Crippen molar-refractivity contribution in [3.63, 3.8) is 0 Å². The summed E-state index contributed by atoms with van der Waals surface area (Å²) >= 11 is 0. The van der Waals surface area contributed by atoms with Crippen LogP contribution in [-0.4, -0.2) is 66.3 Å². The third-order valence-electron chi connectivity index (χ3n) is 4.86. The van der Waals surface area contributed by atoms with E-state index in [0.717, 1.165) is 12.1 Å². The molecule has 3 rings (SSSR count). The van der Waals surface area contributed by atoms with Gasteiger partial charge in [-0.3, -0.25) is 14.8 Å². The van der Waals surface area contributed by atoms with Gasteiger partial charge in [0.2, 0.25) is 20.0 Å². The van der Waals surface area contributed by atoms with E-state index >= 15 is 0 Å². The van der Waals surface area contributed by atoms with Crippen LogP contribution in [0.25, 0.3) is 0 Å². The van der Waals surface area contributed by atoms with E-state index in [1.54, 1.807) is 11.6 Å². The lowest BCUT2D eigenvalue weighted by molar-refractivity contribution is -0.384. The molecule has 1 aromatic heterocycles. The Labute approximate surface area is 168 Å². The first kappa shape index (κ1) is 21.4. The van der Waals surface area contributed by atoms with Gasteiger partial charge >= 0.3 is 0 Å². The summed E-state index contributed by atoms with van der Waals surface area (Å²) in [5, 5.41) is 14.8. The highest BCUT2D eigenvalue weighted by Gasteiger charge is 2.35. The molecule has 0 spiro atoms. The molecule has 0 aliphatic carbocycles. The smallest absolute Gasteiger partial charge is 0.269 e. The van der Waals surface area contributed by atoms with Crippen molar-refractivity contribution in [2.24, 2.45) is 0 Å². The monoisotopic (exact) mass is 443 g/mol. The normalized spacial score (nSPS) is 16.8. The summed E-state index contributed by atoms with van der Waals surface area (Å²) in [4.78, 5) is 10.2. The molecule has 0 N–H and O–H groups in total. The van der Waals surface area contributed by atoms with Crippen LogP contribution in [0.4, 0.5) is 5.69 Å². The molecule has 13 heteroatoms. The Hall–Kier alpha value is -2.35. The fourth-order valence-electron chi connectivity index (χ4n) is 3.18. The van der Waals surface area contributed by atoms with E-state index in [1.165, 1.54) is 26.9 Å². The van der Waals surface area contributed by atoms with Crippen LogP contribution in [0.1, 0.15) is 12.6 Å². The first-order valence-corrected chi connectivity index (χ1v) is 11.7. The number of benzene rings is 1. The quantitative estimate of drug-likeness (QED) is 0.476. The third kappa shape index (κ3) is 3.90. The van der Waals surface area contributed by atoms with E-state index in [9.17, 15) is 26.9 Å². The number of rotatable bonds is 6.